The van der Waals surface area contributed by atoms with Gasteiger partial charge in [0.2, 0.25) is 5.91 Å². The first kappa shape index (κ1) is 15.8. The maximum atomic E-state index is 12.7. The zero-order valence-corrected chi connectivity index (χ0v) is 11.5. The van der Waals surface area contributed by atoms with Crippen molar-refractivity contribution in [3.05, 3.63) is 29.3 Å². The van der Waals surface area contributed by atoms with Gasteiger partial charge >= 0.3 is 12.1 Å². The van der Waals surface area contributed by atoms with Crippen LogP contribution in [-0.4, -0.2) is 25.5 Å². The lowest BCUT2D eigenvalue weighted by atomic mass is 10.1. The molecule has 1 aliphatic heterocycles. The third-order valence-electron chi connectivity index (χ3n) is 3.39. The molecule has 116 valence electrons. The Labute approximate surface area is 123 Å². The van der Waals surface area contributed by atoms with Crippen LogP contribution < -0.4 is 4.90 Å². The van der Waals surface area contributed by atoms with E-state index in [9.17, 15) is 22.8 Å². The molecule has 1 aromatic carbocycles. The summed E-state index contributed by atoms with van der Waals surface area (Å²) >= 11 is 0. The molecule has 5 nitrogen and oxygen atoms in total. The van der Waals surface area contributed by atoms with E-state index in [1.807, 2.05) is 0 Å². The van der Waals surface area contributed by atoms with Crippen LogP contribution in [0.15, 0.2) is 18.2 Å². The number of rotatable bonds is 2. The van der Waals surface area contributed by atoms with E-state index in [2.05, 4.69) is 4.74 Å². The standard InChI is InChI=1S/C14H11F3N2O3/c1-22-13(21)9-5-12(20)19(7-9)11-3-2-10(14(15,16)17)4-8(11)6-18/h2-4,9H,5,7H2,1H3. The van der Waals surface area contributed by atoms with Gasteiger partial charge in [-0.05, 0) is 18.2 Å². The minimum Gasteiger partial charge on any atom is -0.469 e. The molecular weight excluding hydrogens is 301 g/mol. The van der Waals surface area contributed by atoms with Crippen LogP contribution in [0.5, 0.6) is 0 Å². The number of hydrogen-bond acceptors (Lipinski definition) is 4. The maximum absolute atomic E-state index is 12.7. The number of esters is 1. The Hall–Kier alpha value is -2.56. The Balaban J connectivity index is 2.36. The summed E-state index contributed by atoms with van der Waals surface area (Å²) in [5.41, 5.74) is -1.18. The van der Waals surface area contributed by atoms with Gasteiger partial charge in [-0.15, -0.1) is 0 Å². The van der Waals surface area contributed by atoms with Crippen LogP contribution in [0, 0.1) is 17.2 Å². The Bertz CT molecular complexity index is 664. The number of nitrogens with zero attached hydrogens (tertiary/aromatic N) is 2. The molecule has 1 unspecified atom stereocenters. The van der Waals surface area contributed by atoms with Crippen molar-refractivity contribution in [2.24, 2.45) is 5.92 Å². The summed E-state index contributed by atoms with van der Waals surface area (Å²) in [7, 11) is 1.19. The van der Waals surface area contributed by atoms with Gasteiger partial charge in [-0.3, -0.25) is 9.59 Å². The fraction of sp³-hybridized carbons (Fsp3) is 0.357. The van der Waals surface area contributed by atoms with E-state index < -0.39 is 29.5 Å². The summed E-state index contributed by atoms with van der Waals surface area (Å²) in [5.74, 6) is -1.70. The second-order valence-electron chi connectivity index (χ2n) is 4.77. The third kappa shape index (κ3) is 2.88. The molecular formula is C14H11F3N2O3. The fourth-order valence-electron chi connectivity index (χ4n) is 2.30. The van der Waals surface area contributed by atoms with E-state index in [4.69, 9.17) is 5.26 Å². The number of carbonyl (C=O) groups excluding carboxylic acids is 2. The molecule has 0 spiro atoms. The lowest BCUT2D eigenvalue weighted by Gasteiger charge is -2.19. The van der Waals surface area contributed by atoms with E-state index in [0.717, 1.165) is 17.0 Å². The first-order chi connectivity index (χ1) is 10.3. The number of carbonyl (C=O) groups is 2. The fourth-order valence-corrected chi connectivity index (χ4v) is 2.30. The predicted octanol–water partition coefficient (Wildman–Crippen LogP) is 2.10. The van der Waals surface area contributed by atoms with Crippen LogP contribution >= 0.6 is 0 Å². The molecule has 1 atom stereocenters. The lowest BCUT2D eigenvalue weighted by Crippen LogP contribution is -2.27. The van der Waals surface area contributed by atoms with Gasteiger partial charge in [-0.25, -0.2) is 0 Å². The molecule has 0 aliphatic carbocycles. The molecule has 1 saturated heterocycles. The molecule has 0 aromatic heterocycles. The van der Waals surface area contributed by atoms with E-state index >= 15 is 0 Å². The molecule has 0 radical (unpaired) electrons. The van der Waals surface area contributed by atoms with Gasteiger partial charge < -0.3 is 9.64 Å². The van der Waals surface area contributed by atoms with E-state index in [1.165, 1.54) is 7.11 Å². The highest BCUT2D eigenvalue weighted by Gasteiger charge is 2.38. The third-order valence-corrected chi connectivity index (χ3v) is 3.39. The average Bonchev–Trinajstić information content (AvgIpc) is 2.86. The summed E-state index contributed by atoms with van der Waals surface area (Å²) in [6, 6.07) is 4.21. The largest absolute Gasteiger partial charge is 0.469 e. The van der Waals surface area contributed by atoms with Crippen LogP contribution in [0.4, 0.5) is 18.9 Å². The van der Waals surface area contributed by atoms with Gasteiger partial charge in [0, 0.05) is 13.0 Å². The topological polar surface area (TPSA) is 70.4 Å². The highest BCUT2D eigenvalue weighted by Crippen LogP contribution is 2.34. The van der Waals surface area contributed by atoms with Crippen molar-refractivity contribution in [2.75, 3.05) is 18.6 Å². The number of alkyl halides is 3. The molecule has 1 aromatic rings. The Morgan fingerprint density at radius 2 is 2.14 bits per heavy atom. The minimum absolute atomic E-state index is 0.0223. The zero-order valence-electron chi connectivity index (χ0n) is 11.5. The Morgan fingerprint density at radius 1 is 1.45 bits per heavy atom. The zero-order chi connectivity index (χ0) is 16.5. The maximum Gasteiger partial charge on any atom is 0.416 e. The second kappa shape index (κ2) is 5.67. The SMILES string of the molecule is COC(=O)C1CC(=O)N(c2ccc(C(F)(F)F)cc2C#N)C1. The van der Waals surface area contributed by atoms with Crippen molar-refractivity contribution in [1.29, 1.82) is 5.26 Å². The van der Waals surface area contributed by atoms with Gasteiger partial charge in [0.25, 0.3) is 0 Å². The summed E-state index contributed by atoms with van der Waals surface area (Å²) in [6.07, 6.45) is -4.67. The van der Waals surface area contributed by atoms with Crippen molar-refractivity contribution < 1.29 is 27.5 Å². The molecule has 1 aliphatic rings. The van der Waals surface area contributed by atoms with Crippen LogP contribution in [-0.2, 0) is 20.5 Å². The molecule has 1 heterocycles. The lowest BCUT2D eigenvalue weighted by molar-refractivity contribution is -0.145. The van der Waals surface area contributed by atoms with Crippen molar-refractivity contribution in [3.8, 4) is 6.07 Å². The molecule has 1 amide bonds. The first-order valence-electron chi connectivity index (χ1n) is 6.27. The molecule has 2 rings (SSSR count). The van der Waals surface area contributed by atoms with Crippen molar-refractivity contribution in [2.45, 2.75) is 12.6 Å². The van der Waals surface area contributed by atoms with Crippen molar-refractivity contribution >= 4 is 17.6 Å². The number of halogens is 3. The average molecular weight is 312 g/mol. The monoisotopic (exact) mass is 312 g/mol. The molecule has 0 saturated carbocycles. The summed E-state index contributed by atoms with van der Waals surface area (Å²) in [6.45, 7) is -0.0223. The molecule has 1 fully saturated rings. The highest BCUT2D eigenvalue weighted by molar-refractivity contribution is 6.00. The molecule has 0 bridgehead atoms. The number of hydrogen-bond donors (Lipinski definition) is 0. The number of amides is 1. The van der Waals surface area contributed by atoms with Crippen LogP contribution in [0.3, 0.4) is 0 Å². The van der Waals surface area contributed by atoms with Gasteiger partial charge in [-0.1, -0.05) is 0 Å². The smallest absolute Gasteiger partial charge is 0.416 e. The summed E-state index contributed by atoms with van der Waals surface area (Å²) < 4.78 is 42.5. The van der Waals surface area contributed by atoms with Gasteiger partial charge in [0.05, 0.1) is 29.8 Å². The summed E-state index contributed by atoms with van der Waals surface area (Å²) in [4.78, 5) is 24.5. The number of anilines is 1. The van der Waals surface area contributed by atoms with Crippen LogP contribution in [0.25, 0.3) is 0 Å². The number of ether oxygens (including phenoxy) is 1. The molecule has 22 heavy (non-hydrogen) atoms. The van der Waals surface area contributed by atoms with Gasteiger partial charge in [-0.2, -0.15) is 18.4 Å². The minimum atomic E-state index is -4.58. The predicted molar refractivity (Wildman–Crippen MR) is 68.6 cm³/mol. The second-order valence-corrected chi connectivity index (χ2v) is 4.77. The first-order valence-corrected chi connectivity index (χ1v) is 6.27. The van der Waals surface area contributed by atoms with Crippen molar-refractivity contribution in [3.63, 3.8) is 0 Å². The van der Waals surface area contributed by atoms with Crippen LogP contribution in [0.2, 0.25) is 0 Å². The normalized spacial score (nSPS) is 18.2. The Morgan fingerprint density at radius 3 is 2.68 bits per heavy atom. The number of benzene rings is 1. The van der Waals surface area contributed by atoms with Gasteiger partial charge in [0.1, 0.15) is 6.07 Å². The van der Waals surface area contributed by atoms with E-state index in [0.29, 0.717) is 6.07 Å². The van der Waals surface area contributed by atoms with Crippen LogP contribution in [0.1, 0.15) is 17.5 Å². The van der Waals surface area contributed by atoms with E-state index in [-0.39, 0.29) is 24.2 Å². The van der Waals surface area contributed by atoms with Gasteiger partial charge in [0.15, 0.2) is 0 Å². The summed E-state index contributed by atoms with van der Waals surface area (Å²) in [5, 5.41) is 9.03. The highest BCUT2D eigenvalue weighted by atomic mass is 19.4. The number of methoxy groups -OCH3 is 1. The molecule has 0 N–H and O–H groups in total. The van der Waals surface area contributed by atoms with E-state index in [1.54, 1.807) is 6.07 Å². The Kier molecular flexibility index (Phi) is 4.08. The quantitative estimate of drug-likeness (QED) is 0.784. The number of nitriles is 1. The molecule has 8 heteroatoms. The van der Waals surface area contributed by atoms with Crippen molar-refractivity contribution in [1.82, 2.24) is 0 Å².